The molecule has 1 aliphatic rings. The van der Waals surface area contributed by atoms with Crippen molar-refractivity contribution in [1.82, 2.24) is 20.4 Å². The van der Waals surface area contributed by atoms with E-state index in [2.05, 4.69) is 58.6 Å². The minimum Gasteiger partial charge on any atom is -0.335 e. The summed E-state index contributed by atoms with van der Waals surface area (Å²) < 4.78 is 5.31. The molecule has 1 fully saturated rings. The maximum absolute atomic E-state index is 5.31. The van der Waals surface area contributed by atoms with E-state index in [9.17, 15) is 0 Å². The molecule has 1 aromatic heterocycles. The van der Waals surface area contributed by atoms with Crippen LogP contribution in [0.15, 0.2) is 28.8 Å². The Bertz CT molecular complexity index is 623. The van der Waals surface area contributed by atoms with Crippen LogP contribution in [0, 0.1) is 6.92 Å². The molecule has 118 valence electrons. The minimum atomic E-state index is 0. The number of aromatic nitrogens is 2. The molecule has 1 aromatic carbocycles. The zero-order valence-corrected chi connectivity index (χ0v) is 13.6. The molecule has 5 nitrogen and oxygen atoms in total. The molecule has 2 heterocycles. The van der Waals surface area contributed by atoms with E-state index in [4.69, 9.17) is 4.52 Å². The average Bonchev–Trinajstić information content (AvgIpc) is 2.96. The maximum Gasteiger partial charge on any atom is 0.250 e. The van der Waals surface area contributed by atoms with Gasteiger partial charge in [0, 0.05) is 25.7 Å². The summed E-state index contributed by atoms with van der Waals surface area (Å²) >= 11 is 0. The number of nitrogens with one attached hydrogen (secondary N) is 1. The number of nitrogens with zero attached hydrogens (tertiary/aromatic N) is 3. The normalized spacial score (nSPS) is 19.3. The Hall–Kier alpha value is -1.69. The Morgan fingerprint density at radius 3 is 2.77 bits per heavy atom. The van der Waals surface area contributed by atoms with Gasteiger partial charge in [0.15, 0.2) is 5.82 Å². The predicted octanol–water partition coefficient (Wildman–Crippen LogP) is 2.55. The Kier molecular flexibility index (Phi) is 5.71. The molecule has 1 unspecified atom stereocenters. The standard InChI is InChI=1S/C16H20N4O.ClH/c1-12-3-5-13(6-4-12)7-8-15-18-16(19-21-15)14-11-17-9-10-20(14)2;/h3-8,14,17H,9-11H2,1-2H3;1H/b8-7+;. The molecule has 22 heavy (non-hydrogen) atoms. The van der Waals surface area contributed by atoms with E-state index in [1.807, 2.05) is 12.2 Å². The van der Waals surface area contributed by atoms with E-state index >= 15 is 0 Å². The Balaban J connectivity index is 0.00000176. The van der Waals surface area contributed by atoms with E-state index in [0.29, 0.717) is 5.89 Å². The van der Waals surface area contributed by atoms with Crippen LogP contribution in [0.1, 0.15) is 28.9 Å². The third-order valence-electron chi connectivity index (χ3n) is 3.76. The lowest BCUT2D eigenvalue weighted by Gasteiger charge is -2.30. The second-order valence-electron chi connectivity index (χ2n) is 5.44. The number of likely N-dealkylation sites (N-methyl/N-ethyl adjacent to an activating group) is 1. The smallest absolute Gasteiger partial charge is 0.250 e. The van der Waals surface area contributed by atoms with E-state index in [0.717, 1.165) is 31.0 Å². The average molecular weight is 321 g/mol. The summed E-state index contributed by atoms with van der Waals surface area (Å²) in [4.78, 5) is 6.72. The third kappa shape index (κ3) is 3.94. The molecule has 1 atom stereocenters. The quantitative estimate of drug-likeness (QED) is 0.942. The number of hydrogen-bond acceptors (Lipinski definition) is 5. The summed E-state index contributed by atoms with van der Waals surface area (Å²) in [7, 11) is 2.09. The van der Waals surface area contributed by atoms with Gasteiger partial charge < -0.3 is 9.84 Å². The van der Waals surface area contributed by atoms with Gasteiger partial charge in [-0.05, 0) is 25.6 Å². The van der Waals surface area contributed by atoms with Gasteiger partial charge in [-0.15, -0.1) is 12.4 Å². The highest BCUT2D eigenvalue weighted by molar-refractivity contribution is 5.85. The van der Waals surface area contributed by atoms with Crippen molar-refractivity contribution in [3.05, 3.63) is 47.1 Å². The summed E-state index contributed by atoms with van der Waals surface area (Å²) in [5.41, 5.74) is 2.37. The van der Waals surface area contributed by atoms with E-state index in [-0.39, 0.29) is 18.4 Å². The van der Waals surface area contributed by atoms with Crippen LogP contribution in [0.2, 0.25) is 0 Å². The molecule has 2 aromatic rings. The molecule has 6 heteroatoms. The predicted molar refractivity (Wildman–Crippen MR) is 89.9 cm³/mol. The number of aryl methyl sites for hydroxylation is 1. The fraction of sp³-hybridized carbons (Fsp3) is 0.375. The van der Waals surface area contributed by atoms with Gasteiger partial charge in [-0.3, -0.25) is 4.90 Å². The first-order valence-electron chi connectivity index (χ1n) is 7.22. The van der Waals surface area contributed by atoms with E-state index in [1.165, 1.54) is 5.56 Å². The van der Waals surface area contributed by atoms with Gasteiger partial charge in [0.05, 0.1) is 6.04 Å². The van der Waals surface area contributed by atoms with Gasteiger partial charge in [0.2, 0.25) is 0 Å². The van der Waals surface area contributed by atoms with Gasteiger partial charge in [-0.2, -0.15) is 4.98 Å². The monoisotopic (exact) mass is 320 g/mol. The van der Waals surface area contributed by atoms with Crippen molar-refractivity contribution in [1.29, 1.82) is 0 Å². The van der Waals surface area contributed by atoms with Gasteiger partial charge in [-0.25, -0.2) is 0 Å². The van der Waals surface area contributed by atoms with Crippen LogP contribution in [0.25, 0.3) is 12.2 Å². The van der Waals surface area contributed by atoms with Crippen molar-refractivity contribution in [2.75, 3.05) is 26.7 Å². The molecule has 1 N–H and O–H groups in total. The maximum atomic E-state index is 5.31. The summed E-state index contributed by atoms with van der Waals surface area (Å²) in [5.74, 6) is 1.29. The summed E-state index contributed by atoms with van der Waals surface area (Å²) in [6.45, 7) is 4.93. The van der Waals surface area contributed by atoms with Crippen molar-refractivity contribution in [2.45, 2.75) is 13.0 Å². The second-order valence-corrected chi connectivity index (χ2v) is 5.44. The number of halogens is 1. The fourth-order valence-electron chi connectivity index (χ4n) is 2.39. The number of hydrogen-bond donors (Lipinski definition) is 1. The lowest BCUT2D eigenvalue weighted by atomic mass is 10.1. The first kappa shape index (κ1) is 16.7. The van der Waals surface area contributed by atoms with Gasteiger partial charge in [0.1, 0.15) is 0 Å². The van der Waals surface area contributed by atoms with E-state index < -0.39 is 0 Å². The van der Waals surface area contributed by atoms with Crippen LogP contribution in [0.3, 0.4) is 0 Å². The van der Waals surface area contributed by atoms with Gasteiger partial charge >= 0.3 is 0 Å². The zero-order chi connectivity index (χ0) is 14.7. The zero-order valence-electron chi connectivity index (χ0n) is 12.8. The van der Waals surface area contributed by atoms with Crippen LogP contribution in [-0.2, 0) is 0 Å². The second kappa shape index (κ2) is 7.54. The highest BCUT2D eigenvalue weighted by Gasteiger charge is 2.24. The first-order chi connectivity index (χ1) is 10.2. The minimum absolute atomic E-state index is 0. The summed E-state index contributed by atoms with van der Waals surface area (Å²) in [5, 5.41) is 7.45. The van der Waals surface area contributed by atoms with Crippen molar-refractivity contribution in [3.8, 4) is 0 Å². The molecule has 0 radical (unpaired) electrons. The van der Waals surface area contributed by atoms with Crippen LogP contribution in [0.5, 0.6) is 0 Å². The van der Waals surface area contributed by atoms with Crippen LogP contribution in [0.4, 0.5) is 0 Å². The van der Waals surface area contributed by atoms with Crippen molar-refractivity contribution in [3.63, 3.8) is 0 Å². The number of piperazine rings is 1. The van der Waals surface area contributed by atoms with Gasteiger partial charge in [-0.1, -0.05) is 35.0 Å². The fourth-order valence-corrected chi connectivity index (χ4v) is 2.39. The molecule has 1 saturated heterocycles. The van der Waals surface area contributed by atoms with Gasteiger partial charge in [0.25, 0.3) is 5.89 Å². The molecule has 3 rings (SSSR count). The Labute approximate surface area is 136 Å². The topological polar surface area (TPSA) is 54.2 Å². The molecular formula is C16H21ClN4O. The lowest BCUT2D eigenvalue weighted by molar-refractivity contribution is 0.190. The summed E-state index contributed by atoms with van der Waals surface area (Å²) in [6, 6.07) is 8.50. The highest BCUT2D eigenvalue weighted by atomic mass is 35.5. The molecule has 0 bridgehead atoms. The SMILES string of the molecule is Cc1ccc(/C=C/c2nc(C3CNCCN3C)no2)cc1.Cl. The van der Waals surface area contributed by atoms with Crippen LogP contribution in [-0.4, -0.2) is 41.7 Å². The molecule has 0 aliphatic carbocycles. The lowest BCUT2D eigenvalue weighted by Crippen LogP contribution is -2.44. The number of rotatable bonds is 3. The molecule has 1 aliphatic heterocycles. The molecule has 0 spiro atoms. The van der Waals surface area contributed by atoms with Crippen LogP contribution < -0.4 is 5.32 Å². The number of benzene rings is 1. The largest absolute Gasteiger partial charge is 0.335 e. The Morgan fingerprint density at radius 1 is 1.27 bits per heavy atom. The van der Waals surface area contributed by atoms with Crippen molar-refractivity contribution >= 4 is 24.6 Å². The molecule has 0 saturated carbocycles. The molecular weight excluding hydrogens is 300 g/mol. The highest BCUT2D eigenvalue weighted by Crippen LogP contribution is 2.18. The van der Waals surface area contributed by atoms with Crippen molar-refractivity contribution in [2.24, 2.45) is 0 Å². The first-order valence-corrected chi connectivity index (χ1v) is 7.22. The van der Waals surface area contributed by atoms with Crippen LogP contribution >= 0.6 is 12.4 Å². The summed E-state index contributed by atoms with van der Waals surface area (Å²) in [6.07, 6.45) is 3.84. The van der Waals surface area contributed by atoms with Crippen molar-refractivity contribution < 1.29 is 4.52 Å². The Morgan fingerprint density at radius 2 is 2.05 bits per heavy atom. The molecule has 0 amide bonds. The van der Waals surface area contributed by atoms with E-state index in [1.54, 1.807) is 0 Å². The third-order valence-corrected chi connectivity index (χ3v) is 3.76.